The molecule has 0 radical (unpaired) electrons. The SMILES string of the molecule is COC(=O)C12CC3CC(C(C)O)C1N(CCC21Nc2ccc(OC)cc2C1=O)C3. The highest BCUT2D eigenvalue weighted by Gasteiger charge is 2.75. The van der Waals surface area contributed by atoms with Gasteiger partial charge in [0.2, 0.25) is 0 Å². The van der Waals surface area contributed by atoms with Crippen molar-refractivity contribution in [2.24, 2.45) is 17.3 Å². The zero-order chi connectivity index (χ0) is 20.6. The minimum absolute atomic E-state index is 0.0617. The van der Waals surface area contributed by atoms with Crippen molar-refractivity contribution >= 4 is 17.4 Å². The highest BCUT2D eigenvalue weighted by atomic mass is 16.5. The number of methoxy groups -OCH3 is 2. The number of aliphatic hydroxyl groups is 1. The van der Waals surface area contributed by atoms with Crippen LogP contribution in [0.3, 0.4) is 0 Å². The summed E-state index contributed by atoms with van der Waals surface area (Å²) in [5, 5.41) is 14.1. The van der Waals surface area contributed by atoms with Crippen molar-refractivity contribution in [1.29, 1.82) is 0 Å². The van der Waals surface area contributed by atoms with Crippen LogP contribution in [0.15, 0.2) is 18.2 Å². The summed E-state index contributed by atoms with van der Waals surface area (Å²) in [5.74, 6) is 0.402. The second-order valence-electron chi connectivity index (χ2n) is 9.13. The van der Waals surface area contributed by atoms with Gasteiger partial charge >= 0.3 is 5.97 Å². The first-order chi connectivity index (χ1) is 13.9. The van der Waals surface area contributed by atoms with Gasteiger partial charge in [-0.15, -0.1) is 0 Å². The fourth-order valence-corrected chi connectivity index (χ4v) is 6.87. The molecular weight excluding hydrogens is 372 g/mol. The van der Waals surface area contributed by atoms with Crippen molar-refractivity contribution in [3.8, 4) is 5.75 Å². The fraction of sp³-hybridized carbons (Fsp3) is 0.636. The van der Waals surface area contributed by atoms with Gasteiger partial charge in [-0.05, 0) is 50.3 Å². The van der Waals surface area contributed by atoms with E-state index < -0.39 is 17.1 Å². The maximum absolute atomic E-state index is 13.9. The van der Waals surface area contributed by atoms with Gasteiger partial charge in [-0.2, -0.15) is 0 Å². The summed E-state index contributed by atoms with van der Waals surface area (Å²) in [6.07, 6.45) is 1.47. The molecule has 1 aromatic rings. The number of Topliss-reactive ketones (excluding diaryl/α,β-unsaturated/α-hetero) is 1. The number of ketones is 1. The summed E-state index contributed by atoms with van der Waals surface area (Å²) in [4.78, 5) is 29.7. The van der Waals surface area contributed by atoms with Crippen LogP contribution in [0.25, 0.3) is 0 Å². The number of hydrogen-bond acceptors (Lipinski definition) is 7. The number of carbonyl (C=O) groups excluding carboxylic acids is 2. The molecule has 4 aliphatic heterocycles. The van der Waals surface area contributed by atoms with Gasteiger partial charge in [0.25, 0.3) is 0 Å². The van der Waals surface area contributed by atoms with Gasteiger partial charge in [-0.25, -0.2) is 0 Å². The predicted molar refractivity (Wildman–Crippen MR) is 106 cm³/mol. The lowest BCUT2D eigenvalue weighted by Gasteiger charge is -2.67. The van der Waals surface area contributed by atoms with Crippen molar-refractivity contribution in [3.63, 3.8) is 0 Å². The van der Waals surface area contributed by atoms with Gasteiger partial charge in [-0.1, -0.05) is 0 Å². The molecule has 1 aliphatic carbocycles. The number of nitrogens with one attached hydrogen (secondary N) is 1. The average Bonchev–Trinajstić information content (AvgIpc) is 3.02. The van der Waals surface area contributed by atoms with E-state index in [9.17, 15) is 14.7 Å². The second kappa shape index (κ2) is 6.19. The molecule has 7 atom stereocenters. The standard InChI is InChI=1S/C22H28N2O5/c1-12(25)15-8-13-10-21(20(27)29-3)18(15)24(11-13)7-6-22(21)19(26)16-9-14(28-2)4-5-17(16)23-22/h4-5,9,12-13,15,18,23,25H,6-8,10-11H2,1-3H3. The Morgan fingerprint density at radius 2 is 2.17 bits per heavy atom. The third-order valence-corrected chi connectivity index (χ3v) is 7.92. The van der Waals surface area contributed by atoms with Gasteiger partial charge < -0.3 is 19.9 Å². The number of esters is 1. The minimum atomic E-state index is -1.05. The number of aliphatic hydroxyl groups excluding tert-OH is 1. The number of hydrogen-bond donors (Lipinski definition) is 2. The third kappa shape index (κ3) is 2.20. The molecule has 7 heteroatoms. The zero-order valence-electron chi connectivity index (χ0n) is 17.1. The van der Waals surface area contributed by atoms with Crippen LogP contribution >= 0.6 is 0 Å². The number of anilines is 1. The molecular formula is C22H28N2O5. The van der Waals surface area contributed by atoms with E-state index in [1.807, 2.05) is 12.1 Å². The van der Waals surface area contributed by atoms with E-state index >= 15 is 0 Å². The first kappa shape index (κ1) is 18.9. The molecule has 3 saturated heterocycles. The highest BCUT2D eigenvalue weighted by molar-refractivity contribution is 6.16. The molecule has 4 fully saturated rings. The first-order valence-electron chi connectivity index (χ1n) is 10.4. The molecule has 0 aromatic heterocycles. The van der Waals surface area contributed by atoms with Crippen LogP contribution < -0.4 is 10.1 Å². The normalized spacial score (nSPS) is 40.3. The molecule has 0 amide bonds. The van der Waals surface area contributed by atoms with Crippen LogP contribution in [0, 0.1) is 17.3 Å². The summed E-state index contributed by atoms with van der Waals surface area (Å²) in [6.45, 7) is 3.42. The minimum Gasteiger partial charge on any atom is -0.497 e. The second-order valence-corrected chi connectivity index (χ2v) is 9.13. The van der Waals surface area contributed by atoms with E-state index in [0.29, 0.717) is 30.7 Å². The summed E-state index contributed by atoms with van der Waals surface area (Å²) < 4.78 is 10.7. The zero-order valence-corrected chi connectivity index (χ0v) is 17.1. The molecule has 7 nitrogen and oxygen atoms in total. The van der Waals surface area contributed by atoms with Crippen LogP contribution in [0.5, 0.6) is 5.75 Å². The molecule has 29 heavy (non-hydrogen) atoms. The Kier molecular flexibility index (Phi) is 4.03. The average molecular weight is 400 g/mol. The van der Waals surface area contributed by atoms with Crippen LogP contribution in [0.2, 0.25) is 0 Å². The molecule has 7 unspecified atom stereocenters. The molecule has 6 rings (SSSR count). The number of benzene rings is 1. The van der Waals surface area contributed by atoms with E-state index in [0.717, 1.165) is 18.7 Å². The van der Waals surface area contributed by atoms with Crippen molar-refractivity contribution in [1.82, 2.24) is 4.90 Å². The summed E-state index contributed by atoms with van der Waals surface area (Å²) in [5.41, 5.74) is -0.771. The quantitative estimate of drug-likeness (QED) is 0.747. The van der Waals surface area contributed by atoms with Gasteiger partial charge in [0.1, 0.15) is 16.7 Å². The van der Waals surface area contributed by atoms with E-state index in [1.54, 1.807) is 20.1 Å². The number of nitrogens with zero attached hydrogens (tertiary/aromatic N) is 1. The van der Waals surface area contributed by atoms with Gasteiger partial charge in [0.15, 0.2) is 5.78 Å². The van der Waals surface area contributed by atoms with E-state index in [4.69, 9.17) is 9.47 Å². The van der Waals surface area contributed by atoms with Crippen LogP contribution in [-0.4, -0.2) is 66.8 Å². The largest absolute Gasteiger partial charge is 0.497 e. The van der Waals surface area contributed by atoms with Crippen molar-refractivity contribution in [3.05, 3.63) is 23.8 Å². The summed E-state index contributed by atoms with van der Waals surface area (Å²) in [6, 6.07) is 5.21. The van der Waals surface area contributed by atoms with E-state index in [1.165, 1.54) is 7.11 Å². The summed E-state index contributed by atoms with van der Waals surface area (Å²) in [7, 11) is 2.98. The number of piperidine rings is 3. The van der Waals surface area contributed by atoms with Crippen molar-refractivity contribution in [2.75, 3.05) is 32.6 Å². The fourth-order valence-electron chi connectivity index (χ4n) is 6.87. The lowest BCUT2D eigenvalue weighted by Crippen LogP contribution is -2.80. The molecule has 1 saturated carbocycles. The van der Waals surface area contributed by atoms with Crippen LogP contribution in [-0.2, 0) is 9.53 Å². The van der Waals surface area contributed by atoms with Gasteiger partial charge in [-0.3, -0.25) is 14.5 Å². The van der Waals surface area contributed by atoms with Gasteiger partial charge in [0.05, 0.1) is 20.3 Å². The highest BCUT2D eigenvalue weighted by Crippen LogP contribution is 2.62. The monoisotopic (exact) mass is 400 g/mol. The lowest BCUT2D eigenvalue weighted by atomic mass is 9.47. The molecule has 1 spiro atoms. The van der Waals surface area contributed by atoms with Crippen molar-refractivity contribution < 1.29 is 24.2 Å². The Labute approximate surface area is 170 Å². The maximum atomic E-state index is 13.9. The molecule has 2 N–H and O–H groups in total. The van der Waals surface area contributed by atoms with E-state index in [2.05, 4.69) is 10.2 Å². The topological polar surface area (TPSA) is 88.1 Å². The van der Waals surface area contributed by atoms with Gasteiger partial charge in [0, 0.05) is 36.3 Å². The molecule has 5 aliphatic rings. The Hall–Kier alpha value is -2.12. The Balaban J connectivity index is 1.69. The third-order valence-electron chi connectivity index (χ3n) is 7.92. The lowest BCUT2D eigenvalue weighted by molar-refractivity contribution is -0.200. The number of fused-ring (bicyclic) bond motifs is 2. The maximum Gasteiger partial charge on any atom is 0.316 e. The molecule has 1 aromatic carbocycles. The van der Waals surface area contributed by atoms with Crippen LogP contribution in [0.1, 0.15) is 36.5 Å². The van der Waals surface area contributed by atoms with Crippen LogP contribution in [0.4, 0.5) is 5.69 Å². The smallest absolute Gasteiger partial charge is 0.316 e. The van der Waals surface area contributed by atoms with E-state index in [-0.39, 0.29) is 29.6 Å². The Morgan fingerprint density at radius 3 is 2.86 bits per heavy atom. The molecule has 156 valence electrons. The molecule has 4 bridgehead atoms. The Morgan fingerprint density at radius 1 is 1.38 bits per heavy atom. The van der Waals surface area contributed by atoms with Crippen molar-refractivity contribution in [2.45, 2.75) is 43.9 Å². The summed E-state index contributed by atoms with van der Waals surface area (Å²) >= 11 is 0. The number of carbonyl (C=O) groups is 2. The number of rotatable bonds is 3. The predicted octanol–water partition coefficient (Wildman–Crippen LogP) is 1.70. The Bertz CT molecular complexity index is 886. The number of ether oxygens (including phenoxy) is 2. The first-order valence-corrected chi connectivity index (χ1v) is 10.4. The molecule has 4 heterocycles.